The summed E-state index contributed by atoms with van der Waals surface area (Å²) in [6.07, 6.45) is 0.771. The first-order chi connectivity index (χ1) is 13.8. The summed E-state index contributed by atoms with van der Waals surface area (Å²) >= 11 is 6.86. The van der Waals surface area contributed by atoms with Crippen LogP contribution in [0.25, 0.3) is 0 Å². The van der Waals surface area contributed by atoms with E-state index in [4.69, 9.17) is 11.6 Å². The van der Waals surface area contributed by atoms with Gasteiger partial charge in [-0.25, -0.2) is 13.1 Å². The highest BCUT2D eigenvalue weighted by Crippen LogP contribution is 2.34. The monoisotopic (exact) mass is 446 g/mol. The molecule has 2 heterocycles. The summed E-state index contributed by atoms with van der Waals surface area (Å²) < 4.78 is 28.1. The van der Waals surface area contributed by atoms with Crippen LogP contribution in [0.15, 0.2) is 64.9 Å². The molecule has 1 atom stereocenters. The van der Waals surface area contributed by atoms with Gasteiger partial charge in [0.25, 0.3) is 5.91 Å². The first kappa shape index (κ1) is 20.1. The molecule has 2 aromatic carbocycles. The number of carbonyl (C=O) groups excluding carboxylic acids is 1. The van der Waals surface area contributed by atoms with Crippen molar-refractivity contribution >= 4 is 44.6 Å². The molecule has 1 aliphatic heterocycles. The van der Waals surface area contributed by atoms with Gasteiger partial charge in [0.1, 0.15) is 4.21 Å². The lowest BCUT2D eigenvalue weighted by atomic mass is 10.1. The van der Waals surface area contributed by atoms with E-state index in [1.54, 1.807) is 23.1 Å². The van der Waals surface area contributed by atoms with Crippen LogP contribution in [-0.4, -0.2) is 20.4 Å². The third-order valence-corrected chi connectivity index (χ3v) is 8.01. The number of sulfonamides is 1. The Kier molecular flexibility index (Phi) is 5.48. The molecule has 150 valence electrons. The lowest BCUT2D eigenvalue weighted by Gasteiger charge is -2.23. The average Bonchev–Trinajstić information content (AvgIpc) is 3.29. The van der Waals surface area contributed by atoms with Crippen molar-refractivity contribution in [2.24, 2.45) is 0 Å². The predicted molar refractivity (Wildman–Crippen MR) is 116 cm³/mol. The number of benzene rings is 2. The van der Waals surface area contributed by atoms with Crippen LogP contribution in [0.3, 0.4) is 0 Å². The van der Waals surface area contributed by atoms with Crippen LogP contribution in [0.4, 0.5) is 5.69 Å². The minimum atomic E-state index is -3.63. The Morgan fingerprint density at radius 3 is 2.62 bits per heavy atom. The fourth-order valence-electron chi connectivity index (χ4n) is 3.48. The number of fused-ring (bicyclic) bond motifs is 1. The Morgan fingerprint density at radius 1 is 1.17 bits per heavy atom. The maximum Gasteiger partial charge on any atom is 0.258 e. The molecule has 1 aliphatic rings. The highest BCUT2D eigenvalue weighted by atomic mass is 35.5. The summed E-state index contributed by atoms with van der Waals surface area (Å²) in [7, 11) is -3.63. The highest BCUT2D eigenvalue weighted by Gasteiger charge is 2.31. The molecule has 4 rings (SSSR count). The first-order valence-corrected chi connectivity index (χ1v) is 11.8. The Bertz CT molecular complexity index is 1160. The second-order valence-corrected chi connectivity index (χ2v) is 10.6. The summed E-state index contributed by atoms with van der Waals surface area (Å²) in [6.45, 7) is 2.15. The Morgan fingerprint density at radius 2 is 1.93 bits per heavy atom. The van der Waals surface area contributed by atoms with Crippen LogP contribution in [-0.2, 0) is 23.0 Å². The summed E-state index contributed by atoms with van der Waals surface area (Å²) in [4.78, 5) is 14.8. The molecule has 1 aromatic heterocycles. The van der Waals surface area contributed by atoms with E-state index >= 15 is 0 Å². The van der Waals surface area contributed by atoms with E-state index in [1.807, 2.05) is 43.3 Å². The Balaban J connectivity index is 1.57. The van der Waals surface area contributed by atoms with E-state index in [-0.39, 0.29) is 22.7 Å². The molecular weight excluding hydrogens is 428 g/mol. The van der Waals surface area contributed by atoms with E-state index in [9.17, 15) is 13.2 Å². The van der Waals surface area contributed by atoms with Gasteiger partial charge < -0.3 is 4.90 Å². The van der Waals surface area contributed by atoms with Crippen LogP contribution in [0, 0.1) is 0 Å². The number of amides is 1. The van der Waals surface area contributed by atoms with Gasteiger partial charge in [-0.05, 0) is 54.8 Å². The molecule has 1 amide bonds. The van der Waals surface area contributed by atoms with E-state index in [0.29, 0.717) is 9.90 Å². The van der Waals surface area contributed by atoms with Crippen molar-refractivity contribution in [1.82, 2.24) is 4.72 Å². The largest absolute Gasteiger partial charge is 0.305 e. The molecule has 0 spiro atoms. The fraction of sp³-hybridized carbons (Fsp3) is 0.190. The predicted octanol–water partition coefficient (Wildman–Crippen LogP) is 4.47. The van der Waals surface area contributed by atoms with Crippen molar-refractivity contribution in [3.05, 3.63) is 81.7 Å². The van der Waals surface area contributed by atoms with Crippen molar-refractivity contribution in [2.75, 3.05) is 4.90 Å². The number of anilines is 1. The smallest absolute Gasteiger partial charge is 0.258 e. The van der Waals surface area contributed by atoms with Crippen LogP contribution in [0.5, 0.6) is 0 Å². The Hall–Kier alpha value is -2.19. The lowest BCUT2D eigenvalue weighted by Crippen LogP contribution is -2.35. The second-order valence-electron chi connectivity index (χ2n) is 6.94. The molecule has 8 heteroatoms. The molecular formula is C21H19ClN2O3S2. The van der Waals surface area contributed by atoms with Crippen molar-refractivity contribution in [3.63, 3.8) is 0 Å². The van der Waals surface area contributed by atoms with Crippen LogP contribution >= 0.6 is 22.9 Å². The molecule has 0 saturated carbocycles. The van der Waals surface area contributed by atoms with Crippen LogP contribution < -0.4 is 9.62 Å². The number of thiophene rings is 1. The summed E-state index contributed by atoms with van der Waals surface area (Å²) in [5.41, 5.74) is 3.34. The number of halogens is 1. The molecule has 1 N–H and O–H groups in total. The number of nitrogens with zero attached hydrogens (tertiary/aromatic N) is 1. The summed E-state index contributed by atoms with van der Waals surface area (Å²) in [6, 6.07) is 18.0. The molecule has 0 fully saturated rings. The minimum Gasteiger partial charge on any atom is -0.305 e. The molecule has 29 heavy (non-hydrogen) atoms. The van der Waals surface area contributed by atoms with Gasteiger partial charge in [-0.1, -0.05) is 41.9 Å². The molecule has 0 saturated heterocycles. The third-order valence-electron chi connectivity index (χ3n) is 4.88. The van der Waals surface area contributed by atoms with Crippen molar-refractivity contribution < 1.29 is 13.2 Å². The van der Waals surface area contributed by atoms with Gasteiger partial charge in [0, 0.05) is 23.8 Å². The van der Waals surface area contributed by atoms with Gasteiger partial charge in [0.05, 0.1) is 4.34 Å². The van der Waals surface area contributed by atoms with Gasteiger partial charge >= 0.3 is 0 Å². The highest BCUT2D eigenvalue weighted by molar-refractivity contribution is 7.91. The molecule has 3 aromatic rings. The van der Waals surface area contributed by atoms with Crippen molar-refractivity contribution in [1.29, 1.82) is 0 Å². The lowest BCUT2D eigenvalue weighted by molar-refractivity contribution is 0.0981. The number of hydrogen-bond donors (Lipinski definition) is 1. The van der Waals surface area contributed by atoms with Gasteiger partial charge in [-0.3, -0.25) is 4.79 Å². The fourth-order valence-corrected chi connectivity index (χ4v) is 6.03. The quantitative estimate of drug-likeness (QED) is 0.628. The molecule has 0 radical (unpaired) electrons. The molecule has 0 bridgehead atoms. The van der Waals surface area contributed by atoms with Gasteiger partial charge in [-0.2, -0.15) is 0 Å². The number of carbonyl (C=O) groups is 1. The van der Waals surface area contributed by atoms with Crippen LogP contribution in [0.2, 0.25) is 4.34 Å². The summed E-state index contributed by atoms with van der Waals surface area (Å²) in [5, 5.41) is 0. The van der Waals surface area contributed by atoms with Crippen LogP contribution in [0.1, 0.15) is 28.4 Å². The third kappa shape index (κ3) is 4.09. The zero-order valence-corrected chi connectivity index (χ0v) is 18.0. The van der Waals surface area contributed by atoms with E-state index in [0.717, 1.165) is 34.6 Å². The zero-order chi connectivity index (χ0) is 20.6. The van der Waals surface area contributed by atoms with E-state index in [2.05, 4.69) is 4.72 Å². The summed E-state index contributed by atoms with van der Waals surface area (Å²) in [5.74, 6) is -0.0530. The average molecular weight is 447 g/mol. The standard InChI is InChI=1S/C21H19ClN2O3S2/c1-14-11-17-8-7-15(13-23-29(26,27)20-10-9-19(22)28-20)12-18(17)24(14)21(25)16-5-3-2-4-6-16/h2-10,12,14,23H,11,13H2,1H3. The maximum absolute atomic E-state index is 13.0. The molecule has 1 unspecified atom stereocenters. The zero-order valence-electron chi connectivity index (χ0n) is 15.6. The molecule has 0 aliphatic carbocycles. The van der Waals surface area contributed by atoms with E-state index < -0.39 is 10.0 Å². The first-order valence-electron chi connectivity index (χ1n) is 9.10. The van der Waals surface area contributed by atoms with Gasteiger partial charge in [-0.15, -0.1) is 11.3 Å². The van der Waals surface area contributed by atoms with E-state index in [1.165, 1.54) is 6.07 Å². The second kappa shape index (κ2) is 7.91. The number of nitrogens with one attached hydrogen (secondary N) is 1. The SMILES string of the molecule is CC1Cc2ccc(CNS(=O)(=O)c3ccc(Cl)s3)cc2N1C(=O)c1ccccc1. The molecule has 5 nitrogen and oxygen atoms in total. The number of rotatable bonds is 5. The van der Waals surface area contributed by atoms with Gasteiger partial charge in [0.2, 0.25) is 10.0 Å². The minimum absolute atomic E-state index is 0.0397. The number of hydrogen-bond acceptors (Lipinski definition) is 4. The maximum atomic E-state index is 13.0. The van der Waals surface area contributed by atoms with Crippen molar-refractivity contribution in [3.8, 4) is 0 Å². The normalized spacial score (nSPS) is 16.1. The van der Waals surface area contributed by atoms with Gasteiger partial charge in [0.15, 0.2) is 0 Å². The topological polar surface area (TPSA) is 66.5 Å². The van der Waals surface area contributed by atoms with Crippen molar-refractivity contribution in [2.45, 2.75) is 30.1 Å². The Labute approximate surface area is 179 Å².